The van der Waals surface area contributed by atoms with E-state index in [0.717, 1.165) is 68.5 Å². The summed E-state index contributed by atoms with van der Waals surface area (Å²) in [5.74, 6) is 1.99. The summed E-state index contributed by atoms with van der Waals surface area (Å²) in [4.78, 5) is 17.2. The van der Waals surface area contributed by atoms with Gasteiger partial charge in [-0.1, -0.05) is 115 Å². The molecule has 5 heteroatoms. The first-order chi connectivity index (χ1) is 23.8. The van der Waals surface area contributed by atoms with Crippen molar-refractivity contribution in [2.75, 3.05) is 4.90 Å². The molecule has 0 N–H and O–H groups in total. The molecule has 0 saturated carbocycles. The Kier molecular flexibility index (Phi) is 6.86. The number of rotatable bonds is 6. The molecule has 0 fully saturated rings. The van der Waals surface area contributed by atoms with Crippen molar-refractivity contribution in [1.82, 2.24) is 15.0 Å². The normalized spacial score (nSPS) is 12.9. The van der Waals surface area contributed by atoms with Gasteiger partial charge in [0.1, 0.15) is 11.2 Å². The Bertz CT molecular complexity index is 2510. The smallest absolute Gasteiger partial charge is 0.164 e. The van der Waals surface area contributed by atoms with E-state index in [2.05, 4.69) is 126 Å². The summed E-state index contributed by atoms with van der Waals surface area (Å²) in [5, 5.41) is 4.45. The predicted molar refractivity (Wildman–Crippen MR) is 197 cm³/mol. The zero-order chi connectivity index (χ0) is 31.9. The quantitative estimate of drug-likeness (QED) is 0.186. The van der Waals surface area contributed by atoms with Gasteiger partial charge in [-0.05, 0) is 66.3 Å². The van der Waals surface area contributed by atoms with Crippen molar-refractivity contribution < 1.29 is 4.42 Å². The number of para-hydroxylation sites is 1. The van der Waals surface area contributed by atoms with Gasteiger partial charge in [-0.3, -0.25) is 0 Å². The molecule has 2 heterocycles. The Morgan fingerprint density at radius 3 is 2.08 bits per heavy atom. The van der Waals surface area contributed by atoms with Crippen LogP contribution in [0.1, 0.15) is 18.7 Å². The number of furan rings is 1. The van der Waals surface area contributed by atoms with Gasteiger partial charge >= 0.3 is 0 Å². The van der Waals surface area contributed by atoms with Crippen LogP contribution >= 0.6 is 0 Å². The van der Waals surface area contributed by atoms with Crippen LogP contribution in [0, 0.1) is 0 Å². The number of hydrogen-bond acceptors (Lipinski definition) is 5. The summed E-state index contributed by atoms with van der Waals surface area (Å²) in [5.41, 5.74) is 7.78. The lowest BCUT2D eigenvalue weighted by atomic mass is 10.0. The molecule has 0 amide bonds. The second-order valence-corrected chi connectivity index (χ2v) is 12.0. The van der Waals surface area contributed by atoms with Crippen molar-refractivity contribution in [3.63, 3.8) is 0 Å². The van der Waals surface area contributed by atoms with E-state index in [-0.39, 0.29) is 0 Å². The molecular formula is C43H30N4O. The third-order valence-electron chi connectivity index (χ3n) is 8.96. The maximum Gasteiger partial charge on any atom is 0.164 e. The Morgan fingerprint density at radius 1 is 0.542 bits per heavy atom. The Balaban J connectivity index is 1.23. The lowest BCUT2D eigenvalue weighted by Gasteiger charge is -2.27. The Labute approximate surface area is 278 Å². The Hall–Kier alpha value is -6.33. The van der Waals surface area contributed by atoms with E-state index in [9.17, 15) is 0 Å². The fourth-order valence-corrected chi connectivity index (χ4v) is 6.67. The molecule has 0 saturated heterocycles. The van der Waals surface area contributed by atoms with Crippen LogP contribution in [0.2, 0.25) is 0 Å². The molecule has 0 aliphatic heterocycles. The van der Waals surface area contributed by atoms with Crippen LogP contribution in [0.15, 0.2) is 162 Å². The molecule has 1 aliphatic carbocycles. The van der Waals surface area contributed by atoms with Crippen molar-refractivity contribution in [2.45, 2.75) is 12.8 Å². The lowest BCUT2D eigenvalue weighted by Crippen LogP contribution is -2.10. The Morgan fingerprint density at radius 2 is 1.25 bits per heavy atom. The van der Waals surface area contributed by atoms with E-state index in [4.69, 9.17) is 19.4 Å². The van der Waals surface area contributed by atoms with Gasteiger partial charge in [0.25, 0.3) is 0 Å². The SMILES string of the molecule is C1=CCCC(c2nc(-c3ccccc3)nc(-c3ccc4c(c3)oc3cccc(N(c5ccccc5)c5cccc6ccccc56)c34)n2)=C1. The predicted octanol–water partition coefficient (Wildman–Crippen LogP) is 11.5. The zero-order valence-corrected chi connectivity index (χ0v) is 26.1. The number of fused-ring (bicyclic) bond motifs is 4. The van der Waals surface area contributed by atoms with Crippen molar-refractivity contribution >= 4 is 55.3 Å². The van der Waals surface area contributed by atoms with E-state index in [0.29, 0.717) is 17.5 Å². The molecule has 228 valence electrons. The molecule has 8 aromatic rings. The van der Waals surface area contributed by atoms with Crippen molar-refractivity contribution in [3.8, 4) is 22.8 Å². The largest absolute Gasteiger partial charge is 0.456 e. The molecule has 1 aliphatic rings. The highest BCUT2D eigenvalue weighted by molar-refractivity contribution is 6.15. The van der Waals surface area contributed by atoms with Gasteiger partial charge < -0.3 is 9.32 Å². The van der Waals surface area contributed by atoms with Crippen molar-refractivity contribution in [1.29, 1.82) is 0 Å². The molecular weight excluding hydrogens is 589 g/mol. The molecule has 9 rings (SSSR count). The molecule has 2 aromatic heterocycles. The third-order valence-corrected chi connectivity index (χ3v) is 8.96. The van der Waals surface area contributed by atoms with E-state index < -0.39 is 0 Å². The van der Waals surface area contributed by atoms with Gasteiger partial charge in [-0.15, -0.1) is 0 Å². The first-order valence-electron chi connectivity index (χ1n) is 16.3. The number of aromatic nitrogens is 3. The highest BCUT2D eigenvalue weighted by Crippen LogP contribution is 2.45. The van der Waals surface area contributed by atoms with Crippen molar-refractivity contribution in [2.24, 2.45) is 0 Å². The topological polar surface area (TPSA) is 55.1 Å². The zero-order valence-electron chi connectivity index (χ0n) is 26.1. The number of hydrogen-bond donors (Lipinski definition) is 0. The first-order valence-corrected chi connectivity index (χ1v) is 16.3. The number of allylic oxidation sites excluding steroid dienone is 4. The van der Waals surface area contributed by atoms with Gasteiger partial charge in [0.05, 0.1) is 16.8 Å². The maximum absolute atomic E-state index is 6.61. The van der Waals surface area contributed by atoms with Crippen LogP contribution in [-0.2, 0) is 0 Å². The number of anilines is 3. The molecule has 0 spiro atoms. The van der Waals surface area contributed by atoms with Gasteiger partial charge in [0, 0.05) is 27.6 Å². The standard InChI is InChI=1S/C43H30N4O/c1-4-15-30(16-5-1)41-44-42(31-17-6-2-7-18-31)46-43(45-41)32-26-27-35-39(28-32)48-38-25-13-24-37(40(35)38)47(33-20-8-3-9-21-33)36-23-12-19-29-14-10-11-22-34(29)36/h1-6,8-17,19-28H,7,18H2. The fraction of sp³-hybridized carbons (Fsp3) is 0.0465. The van der Waals surface area contributed by atoms with Gasteiger partial charge in [-0.2, -0.15) is 0 Å². The van der Waals surface area contributed by atoms with Gasteiger partial charge in [-0.25, -0.2) is 15.0 Å². The minimum atomic E-state index is 0.624. The molecule has 0 atom stereocenters. The average Bonchev–Trinajstić information content (AvgIpc) is 3.55. The van der Waals surface area contributed by atoms with Crippen LogP contribution < -0.4 is 4.90 Å². The summed E-state index contributed by atoms with van der Waals surface area (Å²) in [6.07, 6.45) is 8.23. The molecule has 48 heavy (non-hydrogen) atoms. The van der Waals surface area contributed by atoms with E-state index in [1.54, 1.807) is 0 Å². The van der Waals surface area contributed by atoms with Crippen LogP contribution in [-0.4, -0.2) is 15.0 Å². The van der Waals surface area contributed by atoms with Gasteiger partial charge in [0.2, 0.25) is 0 Å². The highest BCUT2D eigenvalue weighted by atomic mass is 16.3. The molecule has 6 aromatic carbocycles. The molecule has 0 radical (unpaired) electrons. The maximum atomic E-state index is 6.61. The monoisotopic (exact) mass is 618 g/mol. The van der Waals surface area contributed by atoms with Crippen molar-refractivity contribution in [3.05, 3.63) is 164 Å². The van der Waals surface area contributed by atoms with Crippen LogP contribution in [0.25, 0.3) is 61.1 Å². The van der Waals surface area contributed by atoms with Crippen LogP contribution in [0.5, 0.6) is 0 Å². The van der Waals surface area contributed by atoms with E-state index >= 15 is 0 Å². The second-order valence-electron chi connectivity index (χ2n) is 12.0. The summed E-state index contributed by atoms with van der Waals surface area (Å²) in [6.45, 7) is 0. The molecule has 5 nitrogen and oxygen atoms in total. The van der Waals surface area contributed by atoms with Crippen LogP contribution in [0.3, 0.4) is 0 Å². The second kappa shape index (κ2) is 11.8. The minimum absolute atomic E-state index is 0.624. The molecule has 0 unspecified atom stereocenters. The molecule has 0 bridgehead atoms. The average molecular weight is 619 g/mol. The summed E-state index contributed by atoms with van der Waals surface area (Å²) in [6, 6.07) is 48.2. The number of benzene rings is 6. The van der Waals surface area contributed by atoms with E-state index in [1.807, 2.05) is 36.4 Å². The van der Waals surface area contributed by atoms with Crippen LogP contribution in [0.4, 0.5) is 17.1 Å². The fourth-order valence-electron chi connectivity index (χ4n) is 6.67. The third kappa shape index (κ3) is 4.93. The highest BCUT2D eigenvalue weighted by Gasteiger charge is 2.22. The minimum Gasteiger partial charge on any atom is -0.456 e. The summed E-state index contributed by atoms with van der Waals surface area (Å²) < 4.78 is 6.61. The summed E-state index contributed by atoms with van der Waals surface area (Å²) in [7, 11) is 0. The lowest BCUT2D eigenvalue weighted by molar-refractivity contribution is 0.669. The summed E-state index contributed by atoms with van der Waals surface area (Å²) >= 11 is 0. The number of nitrogens with zero attached hydrogens (tertiary/aromatic N) is 4. The first kappa shape index (κ1) is 27.9. The van der Waals surface area contributed by atoms with Gasteiger partial charge in [0.15, 0.2) is 17.5 Å². The van der Waals surface area contributed by atoms with E-state index in [1.165, 1.54) is 10.8 Å².